The first-order chi connectivity index (χ1) is 14.6. The Hall–Kier alpha value is -3.85. The minimum absolute atomic E-state index is 0.0806. The van der Waals surface area contributed by atoms with Crippen LogP contribution in [0.2, 0.25) is 0 Å². The zero-order valence-electron chi connectivity index (χ0n) is 16.8. The number of nitro benzene ring substituents is 1. The zero-order chi connectivity index (χ0) is 22.6. The number of ketones is 1. The number of carbonyl (C=O) groups is 1. The number of nitro groups is 1. The fourth-order valence-electron chi connectivity index (χ4n) is 2.77. The van der Waals surface area contributed by atoms with Crippen LogP contribution in [0.1, 0.15) is 21.6 Å². The van der Waals surface area contributed by atoms with Gasteiger partial charge in [0.05, 0.1) is 15.4 Å². The van der Waals surface area contributed by atoms with E-state index in [0.29, 0.717) is 22.5 Å². The molecule has 3 aromatic rings. The molecule has 0 atom stereocenters. The Balaban J connectivity index is 1.85. The number of nitrogens with zero attached hydrogens (tertiary/aromatic N) is 2. The molecule has 0 aliphatic heterocycles. The van der Waals surface area contributed by atoms with Gasteiger partial charge in [0.1, 0.15) is 5.82 Å². The lowest BCUT2D eigenvalue weighted by Crippen LogP contribution is -2.05. The summed E-state index contributed by atoms with van der Waals surface area (Å²) in [7, 11) is -3.29. The van der Waals surface area contributed by atoms with E-state index in [2.05, 4.69) is 10.3 Å². The molecule has 0 aliphatic rings. The molecule has 0 radical (unpaired) electrons. The van der Waals surface area contributed by atoms with E-state index < -0.39 is 14.8 Å². The van der Waals surface area contributed by atoms with Gasteiger partial charge in [0.15, 0.2) is 15.6 Å². The van der Waals surface area contributed by atoms with Gasteiger partial charge in [-0.15, -0.1) is 0 Å². The van der Waals surface area contributed by atoms with Gasteiger partial charge in [-0.05, 0) is 48.9 Å². The van der Waals surface area contributed by atoms with Gasteiger partial charge in [-0.3, -0.25) is 14.9 Å². The molecule has 0 saturated heterocycles. The summed E-state index contributed by atoms with van der Waals surface area (Å²) in [6, 6.07) is 15.4. The van der Waals surface area contributed by atoms with E-state index in [4.69, 9.17) is 0 Å². The minimum atomic E-state index is -3.29. The molecule has 158 valence electrons. The molecule has 0 spiro atoms. The van der Waals surface area contributed by atoms with Crippen molar-refractivity contribution in [2.75, 3.05) is 11.6 Å². The molecule has 31 heavy (non-hydrogen) atoms. The number of rotatable bonds is 7. The summed E-state index contributed by atoms with van der Waals surface area (Å²) in [6.07, 6.45) is 4.06. The molecule has 0 amide bonds. The Morgan fingerprint density at radius 1 is 1.10 bits per heavy atom. The molecule has 3 rings (SSSR count). The van der Waals surface area contributed by atoms with Crippen LogP contribution in [0, 0.1) is 17.0 Å². The summed E-state index contributed by atoms with van der Waals surface area (Å²) in [5.41, 5.74) is 1.98. The van der Waals surface area contributed by atoms with Crippen LogP contribution >= 0.6 is 0 Å². The van der Waals surface area contributed by atoms with Gasteiger partial charge < -0.3 is 5.32 Å². The van der Waals surface area contributed by atoms with Crippen molar-refractivity contribution in [3.63, 3.8) is 0 Å². The normalized spacial score (nSPS) is 11.4. The average Bonchev–Trinajstić information content (AvgIpc) is 2.72. The summed E-state index contributed by atoms with van der Waals surface area (Å²) >= 11 is 0. The van der Waals surface area contributed by atoms with Crippen molar-refractivity contribution in [3.8, 4) is 0 Å². The number of anilines is 2. The number of pyridine rings is 1. The highest BCUT2D eigenvalue weighted by atomic mass is 32.2. The number of hydrogen-bond donors (Lipinski definition) is 1. The average molecular weight is 437 g/mol. The molecule has 8 nitrogen and oxygen atoms in total. The number of carbonyl (C=O) groups excluding carboxylic acids is 1. The molecule has 1 aromatic heterocycles. The highest BCUT2D eigenvalue weighted by Crippen LogP contribution is 2.24. The van der Waals surface area contributed by atoms with Gasteiger partial charge in [-0.2, -0.15) is 0 Å². The molecule has 0 bridgehead atoms. The lowest BCUT2D eigenvalue weighted by molar-refractivity contribution is -0.384. The highest BCUT2D eigenvalue weighted by Gasteiger charge is 2.13. The van der Waals surface area contributed by atoms with E-state index in [0.717, 1.165) is 6.26 Å². The van der Waals surface area contributed by atoms with Crippen LogP contribution in [-0.4, -0.2) is 30.4 Å². The number of aryl methyl sites for hydroxylation is 1. The first kappa shape index (κ1) is 21.8. The second-order valence-corrected chi connectivity index (χ2v) is 8.84. The quantitative estimate of drug-likeness (QED) is 0.253. The first-order valence-corrected chi connectivity index (χ1v) is 11.0. The minimum Gasteiger partial charge on any atom is -0.339 e. The van der Waals surface area contributed by atoms with Crippen LogP contribution in [0.5, 0.6) is 0 Å². The maximum absolute atomic E-state index is 12.8. The third-order valence-corrected chi connectivity index (χ3v) is 5.48. The molecule has 0 unspecified atom stereocenters. The molecular formula is C22H19N3O5S. The molecule has 0 aliphatic carbocycles. The van der Waals surface area contributed by atoms with E-state index in [1.165, 1.54) is 36.4 Å². The van der Waals surface area contributed by atoms with Crippen molar-refractivity contribution in [1.82, 2.24) is 4.98 Å². The second kappa shape index (κ2) is 8.88. The summed E-state index contributed by atoms with van der Waals surface area (Å²) < 4.78 is 23.1. The van der Waals surface area contributed by atoms with Gasteiger partial charge in [0.2, 0.25) is 0 Å². The van der Waals surface area contributed by atoms with Gasteiger partial charge in [0.25, 0.3) is 5.69 Å². The Morgan fingerprint density at radius 2 is 1.81 bits per heavy atom. The maximum Gasteiger partial charge on any atom is 0.271 e. The number of nitrogens with one attached hydrogen (secondary N) is 1. The fourth-order valence-corrected chi connectivity index (χ4v) is 3.40. The molecule has 1 heterocycles. The van der Waals surface area contributed by atoms with Crippen molar-refractivity contribution in [3.05, 3.63) is 93.7 Å². The lowest BCUT2D eigenvalue weighted by atomic mass is 10.1. The Bertz CT molecular complexity index is 1280. The Morgan fingerprint density at radius 3 is 2.45 bits per heavy atom. The lowest BCUT2D eigenvalue weighted by Gasteiger charge is -2.10. The SMILES string of the molecule is Cc1ccc(C(=O)C=Cc2ccc(S(C)(=O)=O)cc2)c(Nc2cccc([N+](=O)[O-])c2)n1. The predicted octanol–water partition coefficient (Wildman–Crippen LogP) is 4.34. The largest absolute Gasteiger partial charge is 0.339 e. The first-order valence-electron chi connectivity index (χ1n) is 9.15. The smallest absolute Gasteiger partial charge is 0.271 e. The molecule has 1 N–H and O–H groups in total. The monoisotopic (exact) mass is 437 g/mol. The molecule has 0 fully saturated rings. The predicted molar refractivity (Wildman–Crippen MR) is 118 cm³/mol. The van der Waals surface area contributed by atoms with Crippen LogP contribution < -0.4 is 5.32 Å². The number of sulfone groups is 1. The van der Waals surface area contributed by atoms with E-state index in [-0.39, 0.29) is 22.2 Å². The number of benzene rings is 2. The zero-order valence-corrected chi connectivity index (χ0v) is 17.6. The van der Waals surface area contributed by atoms with Crippen molar-refractivity contribution >= 4 is 38.9 Å². The maximum atomic E-state index is 12.8. The third kappa shape index (κ3) is 5.61. The van der Waals surface area contributed by atoms with Crippen molar-refractivity contribution in [1.29, 1.82) is 0 Å². The van der Waals surface area contributed by atoms with Crippen LogP contribution in [0.3, 0.4) is 0 Å². The van der Waals surface area contributed by atoms with E-state index in [1.54, 1.807) is 43.3 Å². The summed E-state index contributed by atoms with van der Waals surface area (Å²) in [4.78, 5) is 27.8. The van der Waals surface area contributed by atoms with Gasteiger partial charge >= 0.3 is 0 Å². The molecule has 0 saturated carbocycles. The molecule has 2 aromatic carbocycles. The van der Waals surface area contributed by atoms with Gasteiger partial charge in [0, 0.05) is 29.8 Å². The van der Waals surface area contributed by atoms with Crippen LogP contribution in [0.15, 0.2) is 71.6 Å². The summed E-state index contributed by atoms with van der Waals surface area (Å²) in [5.74, 6) is -0.0461. The second-order valence-electron chi connectivity index (χ2n) is 6.82. The third-order valence-electron chi connectivity index (χ3n) is 4.36. The van der Waals surface area contributed by atoms with Crippen molar-refractivity contribution in [2.45, 2.75) is 11.8 Å². The van der Waals surface area contributed by atoms with E-state index in [9.17, 15) is 23.3 Å². The summed E-state index contributed by atoms with van der Waals surface area (Å²) in [5, 5.41) is 14.0. The number of non-ortho nitro benzene ring substituents is 1. The molecular weight excluding hydrogens is 418 g/mol. The number of allylic oxidation sites excluding steroid dienone is 1. The van der Waals surface area contributed by atoms with Gasteiger partial charge in [-0.1, -0.05) is 24.3 Å². The highest BCUT2D eigenvalue weighted by molar-refractivity contribution is 7.90. The van der Waals surface area contributed by atoms with Gasteiger partial charge in [-0.25, -0.2) is 13.4 Å². The molecule has 9 heteroatoms. The van der Waals surface area contributed by atoms with E-state index in [1.807, 2.05) is 0 Å². The van der Waals surface area contributed by atoms with Crippen molar-refractivity contribution in [2.24, 2.45) is 0 Å². The van der Waals surface area contributed by atoms with Crippen LogP contribution in [0.25, 0.3) is 6.08 Å². The van der Waals surface area contributed by atoms with Crippen LogP contribution in [-0.2, 0) is 9.84 Å². The number of hydrogen-bond acceptors (Lipinski definition) is 7. The summed E-state index contributed by atoms with van der Waals surface area (Å²) in [6.45, 7) is 1.77. The van der Waals surface area contributed by atoms with E-state index >= 15 is 0 Å². The Kier molecular flexibility index (Phi) is 6.26. The van der Waals surface area contributed by atoms with Crippen molar-refractivity contribution < 1.29 is 18.1 Å². The standard InChI is InChI=1S/C22H19N3O5S/c1-15-6-12-20(22(23-15)24-17-4-3-5-18(14-17)25(27)28)21(26)13-9-16-7-10-19(11-8-16)31(2,29)30/h3-14H,1-2H3,(H,23,24). The topological polar surface area (TPSA) is 119 Å². The number of aromatic nitrogens is 1. The Labute approximate surface area is 179 Å². The fraction of sp³-hybridized carbons (Fsp3) is 0.0909. The van der Waals surface area contributed by atoms with Crippen LogP contribution in [0.4, 0.5) is 17.2 Å².